The molecule has 1 aromatic carbocycles. The van der Waals surface area contributed by atoms with Crippen molar-refractivity contribution in [1.29, 1.82) is 0 Å². The van der Waals surface area contributed by atoms with Gasteiger partial charge in [0, 0.05) is 19.6 Å². The van der Waals surface area contributed by atoms with Gasteiger partial charge in [0.1, 0.15) is 5.60 Å². The zero-order valence-electron chi connectivity index (χ0n) is 15.3. The van der Waals surface area contributed by atoms with Gasteiger partial charge in [-0.05, 0) is 51.3 Å². The summed E-state index contributed by atoms with van der Waals surface area (Å²) in [4.78, 5) is 25.4. The van der Waals surface area contributed by atoms with E-state index in [4.69, 9.17) is 15.2 Å². The van der Waals surface area contributed by atoms with Crippen LogP contribution in [0.15, 0.2) is 18.2 Å². The number of carbonyl (C=O) groups excluding carboxylic acids is 2. The lowest BCUT2D eigenvalue weighted by Crippen LogP contribution is -2.35. The Balaban J connectivity index is 1.90. The molecule has 0 aliphatic carbocycles. The zero-order valence-corrected chi connectivity index (χ0v) is 15.3. The van der Waals surface area contributed by atoms with E-state index in [-0.39, 0.29) is 6.09 Å². The Morgan fingerprint density at radius 2 is 2.08 bits per heavy atom. The summed E-state index contributed by atoms with van der Waals surface area (Å²) in [6.45, 7) is 7.55. The average molecular weight is 349 g/mol. The van der Waals surface area contributed by atoms with Crippen LogP contribution in [0.2, 0.25) is 0 Å². The number of esters is 1. The lowest BCUT2D eigenvalue weighted by Gasteiger charge is -2.24. The highest BCUT2D eigenvalue weighted by molar-refractivity contribution is 5.91. The van der Waals surface area contributed by atoms with Crippen LogP contribution in [0.5, 0.6) is 0 Å². The number of rotatable bonds is 4. The number of hydrogen-bond acceptors (Lipinski definition) is 6. The molecule has 1 aliphatic rings. The molecule has 7 heteroatoms. The predicted octanol–water partition coefficient (Wildman–Crippen LogP) is 2.72. The topological polar surface area (TPSA) is 93.9 Å². The Bertz CT molecular complexity index is 640. The molecule has 1 aromatic rings. The molecular weight excluding hydrogens is 322 g/mol. The van der Waals surface area contributed by atoms with E-state index in [1.165, 1.54) is 7.11 Å². The highest BCUT2D eigenvalue weighted by Gasteiger charge is 2.29. The third-order valence-electron chi connectivity index (χ3n) is 3.99. The lowest BCUT2D eigenvalue weighted by molar-refractivity contribution is 0.0289. The minimum atomic E-state index is -0.490. The number of amides is 1. The molecule has 0 radical (unpaired) electrons. The lowest BCUT2D eigenvalue weighted by atomic mass is 10.1. The number of anilines is 2. The smallest absolute Gasteiger partial charge is 0.410 e. The fourth-order valence-electron chi connectivity index (χ4n) is 2.70. The number of nitrogens with two attached hydrogens (primary N) is 1. The first kappa shape index (κ1) is 18.9. The van der Waals surface area contributed by atoms with E-state index in [9.17, 15) is 9.59 Å². The van der Waals surface area contributed by atoms with E-state index in [0.29, 0.717) is 42.5 Å². The Labute approximate surface area is 148 Å². The molecule has 7 nitrogen and oxygen atoms in total. The molecule has 0 saturated carbocycles. The molecule has 1 aliphatic heterocycles. The molecule has 0 unspecified atom stereocenters. The second-order valence-corrected chi connectivity index (χ2v) is 7.26. The van der Waals surface area contributed by atoms with Crippen LogP contribution in [0.25, 0.3) is 0 Å². The highest BCUT2D eigenvalue weighted by Crippen LogP contribution is 2.24. The van der Waals surface area contributed by atoms with Crippen LogP contribution >= 0.6 is 0 Å². The van der Waals surface area contributed by atoms with E-state index in [1.54, 1.807) is 23.1 Å². The maximum Gasteiger partial charge on any atom is 0.410 e. The van der Waals surface area contributed by atoms with Crippen molar-refractivity contribution < 1.29 is 19.1 Å². The molecule has 0 bridgehead atoms. The summed E-state index contributed by atoms with van der Waals surface area (Å²) in [5, 5.41) is 3.27. The quantitative estimate of drug-likeness (QED) is 0.641. The van der Waals surface area contributed by atoms with Crippen molar-refractivity contribution in [2.75, 3.05) is 37.8 Å². The van der Waals surface area contributed by atoms with Gasteiger partial charge in [-0.2, -0.15) is 0 Å². The summed E-state index contributed by atoms with van der Waals surface area (Å²) in [6, 6.07) is 4.99. The van der Waals surface area contributed by atoms with Crippen LogP contribution in [0.4, 0.5) is 16.2 Å². The number of likely N-dealkylation sites (tertiary alicyclic amines) is 1. The molecule has 1 atom stereocenters. The minimum Gasteiger partial charge on any atom is -0.465 e. The largest absolute Gasteiger partial charge is 0.465 e. The van der Waals surface area contributed by atoms with Gasteiger partial charge in [-0.3, -0.25) is 0 Å². The maximum atomic E-state index is 12.1. The number of benzene rings is 1. The fraction of sp³-hybridized carbons (Fsp3) is 0.556. The van der Waals surface area contributed by atoms with Crippen molar-refractivity contribution in [1.82, 2.24) is 4.90 Å². The van der Waals surface area contributed by atoms with Crippen LogP contribution in [-0.4, -0.2) is 49.3 Å². The molecule has 1 fully saturated rings. The van der Waals surface area contributed by atoms with Gasteiger partial charge in [-0.25, -0.2) is 9.59 Å². The van der Waals surface area contributed by atoms with Gasteiger partial charge >= 0.3 is 12.1 Å². The summed E-state index contributed by atoms with van der Waals surface area (Å²) in [7, 11) is 1.34. The van der Waals surface area contributed by atoms with E-state index < -0.39 is 11.6 Å². The molecule has 1 heterocycles. The third-order valence-corrected chi connectivity index (χ3v) is 3.99. The SMILES string of the molecule is COC(=O)c1ccc(N)c(NC[C@@H]2CCN(C(=O)OC(C)(C)C)C2)c1. The summed E-state index contributed by atoms with van der Waals surface area (Å²) >= 11 is 0. The third kappa shape index (κ3) is 5.27. The molecule has 0 spiro atoms. The Hall–Kier alpha value is -2.44. The summed E-state index contributed by atoms with van der Waals surface area (Å²) in [6.07, 6.45) is 0.616. The minimum absolute atomic E-state index is 0.276. The number of nitrogens with zero attached hydrogens (tertiary/aromatic N) is 1. The number of ether oxygens (including phenoxy) is 2. The second kappa shape index (κ2) is 7.63. The molecule has 1 amide bonds. The first-order valence-electron chi connectivity index (χ1n) is 8.39. The van der Waals surface area contributed by atoms with Gasteiger partial charge in [0.05, 0.1) is 24.0 Å². The highest BCUT2D eigenvalue weighted by atomic mass is 16.6. The predicted molar refractivity (Wildman–Crippen MR) is 96.6 cm³/mol. The van der Waals surface area contributed by atoms with Gasteiger partial charge < -0.3 is 25.4 Å². The molecule has 2 rings (SSSR count). The number of nitrogen functional groups attached to an aromatic ring is 1. The summed E-state index contributed by atoms with van der Waals surface area (Å²) < 4.78 is 10.1. The van der Waals surface area contributed by atoms with Crippen molar-refractivity contribution in [3.05, 3.63) is 23.8 Å². The van der Waals surface area contributed by atoms with Crippen molar-refractivity contribution in [2.24, 2.45) is 5.92 Å². The van der Waals surface area contributed by atoms with E-state index >= 15 is 0 Å². The first-order chi connectivity index (χ1) is 11.7. The van der Waals surface area contributed by atoms with Gasteiger partial charge in [0.15, 0.2) is 0 Å². The van der Waals surface area contributed by atoms with Crippen LogP contribution in [0, 0.1) is 5.92 Å². The van der Waals surface area contributed by atoms with Gasteiger partial charge in [0.25, 0.3) is 0 Å². The van der Waals surface area contributed by atoms with Crippen molar-refractivity contribution in [3.63, 3.8) is 0 Å². The van der Waals surface area contributed by atoms with Crippen molar-refractivity contribution >= 4 is 23.4 Å². The van der Waals surface area contributed by atoms with Gasteiger partial charge in [-0.1, -0.05) is 0 Å². The Kier molecular flexibility index (Phi) is 5.77. The Morgan fingerprint density at radius 3 is 2.72 bits per heavy atom. The van der Waals surface area contributed by atoms with Crippen LogP contribution in [0.3, 0.4) is 0 Å². The molecule has 25 heavy (non-hydrogen) atoms. The fourth-order valence-corrected chi connectivity index (χ4v) is 2.70. The molecule has 3 N–H and O–H groups in total. The second-order valence-electron chi connectivity index (χ2n) is 7.26. The molecule has 0 aromatic heterocycles. The number of carbonyl (C=O) groups is 2. The average Bonchev–Trinajstić information content (AvgIpc) is 3.01. The Morgan fingerprint density at radius 1 is 1.36 bits per heavy atom. The van der Waals surface area contributed by atoms with Crippen molar-refractivity contribution in [3.8, 4) is 0 Å². The van der Waals surface area contributed by atoms with E-state index in [0.717, 1.165) is 6.42 Å². The summed E-state index contributed by atoms with van der Waals surface area (Å²) in [5.41, 5.74) is 7.17. The number of methoxy groups -OCH3 is 1. The normalized spacial score (nSPS) is 17.3. The molecule has 138 valence electrons. The zero-order chi connectivity index (χ0) is 18.6. The number of hydrogen-bond donors (Lipinski definition) is 2. The molecule has 1 saturated heterocycles. The van der Waals surface area contributed by atoms with Crippen molar-refractivity contribution in [2.45, 2.75) is 32.8 Å². The summed E-state index contributed by atoms with van der Waals surface area (Å²) in [5.74, 6) is -0.103. The van der Waals surface area contributed by atoms with Crippen LogP contribution in [0.1, 0.15) is 37.6 Å². The maximum absolute atomic E-state index is 12.1. The standard InChI is InChI=1S/C18H27N3O4/c1-18(2,3)25-17(23)21-8-7-12(11-21)10-20-15-9-13(16(22)24-4)5-6-14(15)19/h5-6,9,12,20H,7-8,10-11,19H2,1-4H3/t12-/m0/s1. The monoisotopic (exact) mass is 349 g/mol. The van der Waals surface area contributed by atoms with Crippen LogP contribution in [-0.2, 0) is 9.47 Å². The van der Waals surface area contributed by atoms with Crippen LogP contribution < -0.4 is 11.1 Å². The van der Waals surface area contributed by atoms with Gasteiger partial charge in [0.2, 0.25) is 0 Å². The number of nitrogens with one attached hydrogen (secondary N) is 1. The first-order valence-corrected chi connectivity index (χ1v) is 8.39. The molecular formula is C18H27N3O4. The van der Waals surface area contributed by atoms with Gasteiger partial charge in [-0.15, -0.1) is 0 Å². The van der Waals surface area contributed by atoms with E-state index in [1.807, 2.05) is 20.8 Å². The van der Waals surface area contributed by atoms with E-state index in [2.05, 4.69) is 5.32 Å².